The van der Waals surface area contributed by atoms with Crippen LogP contribution in [0.5, 0.6) is 0 Å². The first-order chi connectivity index (χ1) is 50.8. The molecule has 0 heteroatoms. The summed E-state index contributed by atoms with van der Waals surface area (Å²) in [6, 6.07) is 0. The lowest BCUT2D eigenvalue weighted by molar-refractivity contribution is 0.407. The summed E-state index contributed by atoms with van der Waals surface area (Å²) in [6.45, 7) is 7.05. The smallest absolute Gasteiger partial charge is 0.0417 e. The monoisotopic (exact) mass is 1430 g/mol. The van der Waals surface area contributed by atoms with Gasteiger partial charge >= 0.3 is 0 Å². The first-order valence-electron chi connectivity index (χ1n) is 50.8. The first kappa shape index (κ1) is 102. The van der Waals surface area contributed by atoms with Crippen molar-refractivity contribution in [3.8, 4) is 0 Å². The highest BCUT2D eigenvalue weighted by atomic mass is 14.1. The van der Waals surface area contributed by atoms with Gasteiger partial charge in [-0.05, 0) is 5.92 Å². The molecule has 0 saturated heterocycles. The van der Waals surface area contributed by atoms with Crippen LogP contribution >= 0.6 is 0 Å². The Bertz CT molecular complexity index is 1340. The maximum absolute atomic E-state index is 2.39. The largest absolute Gasteiger partial charge is 0.0654 e. The summed E-state index contributed by atoms with van der Waals surface area (Å²) in [6.07, 6.45) is 146. The van der Waals surface area contributed by atoms with E-state index in [9.17, 15) is 0 Å². The summed E-state index contributed by atoms with van der Waals surface area (Å²) < 4.78 is 0. The van der Waals surface area contributed by atoms with Crippen LogP contribution in [0.15, 0.2) is 0 Å². The highest BCUT2D eigenvalue weighted by Crippen LogP contribution is 2.25. The van der Waals surface area contributed by atoms with E-state index in [2.05, 4.69) is 20.8 Å². The SMILES string of the molecule is CCCCCCCCCCCCCCCCCCCCCCCCCCCCCCCCCCCCCCCCCCCCCCCCCCCCCCCCCCCCCCCCCCCCCCCCCCCCCCCCCCCCCCCCCCCCCCCCC(CC)CCC. The molecule has 102 heavy (non-hydrogen) atoms. The van der Waals surface area contributed by atoms with Gasteiger partial charge in [-0.2, -0.15) is 0 Å². The number of hydrogen-bond donors (Lipinski definition) is 0. The third-order valence-electron chi connectivity index (χ3n) is 25.2. The molecule has 614 valence electrons. The van der Waals surface area contributed by atoms with Crippen LogP contribution in [0, 0.1) is 5.92 Å². The van der Waals surface area contributed by atoms with Crippen molar-refractivity contribution in [1.82, 2.24) is 0 Å². The highest BCUT2D eigenvalue weighted by Gasteiger charge is 2.06. The molecular formula is C102H206. The van der Waals surface area contributed by atoms with Crippen molar-refractivity contribution in [3.63, 3.8) is 0 Å². The standard InChI is InChI=1S/C102H206/c1-4-7-8-9-10-11-12-13-14-15-16-17-18-19-20-21-22-23-24-25-26-27-28-29-30-31-32-33-34-35-36-37-38-39-40-41-42-43-44-45-46-47-48-49-50-51-52-53-54-55-56-57-58-59-60-61-62-63-64-65-66-67-68-69-70-71-72-73-74-75-76-77-78-79-80-81-82-83-84-85-86-87-88-89-90-91-92-93-94-95-96-97-98-99-101-102(6-3)100-5-2/h102H,4-101H2,1-3H3. The van der Waals surface area contributed by atoms with Gasteiger partial charge in [0.25, 0.3) is 0 Å². The van der Waals surface area contributed by atoms with Crippen molar-refractivity contribution >= 4 is 0 Å². The van der Waals surface area contributed by atoms with Gasteiger partial charge in [0.15, 0.2) is 0 Å². The van der Waals surface area contributed by atoms with Crippen LogP contribution in [-0.2, 0) is 0 Å². The Labute approximate surface area is 652 Å². The van der Waals surface area contributed by atoms with Gasteiger partial charge in [-0.3, -0.25) is 0 Å². The zero-order valence-electron chi connectivity index (χ0n) is 72.9. The summed E-state index contributed by atoms with van der Waals surface area (Å²) >= 11 is 0. The quantitative estimate of drug-likeness (QED) is 0.0533. The Kier molecular flexibility index (Phi) is 99.0. The molecular weight excluding hydrogens is 1230 g/mol. The Hall–Kier alpha value is 0. The molecule has 0 aliphatic rings. The molecule has 0 aromatic heterocycles. The second kappa shape index (κ2) is 99.0. The minimum atomic E-state index is 1.01. The van der Waals surface area contributed by atoms with Crippen molar-refractivity contribution in [2.24, 2.45) is 5.92 Å². The molecule has 0 heterocycles. The van der Waals surface area contributed by atoms with Crippen molar-refractivity contribution in [2.45, 2.75) is 650 Å². The van der Waals surface area contributed by atoms with Gasteiger partial charge in [-0.1, -0.05) is 650 Å². The fraction of sp³-hybridized carbons (Fsp3) is 1.00. The van der Waals surface area contributed by atoms with Crippen molar-refractivity contribution < 1.29 is 0 Å². The molecule has 0 radical (unpaired) electrons. The van der Waals surface area contributed by atoms with Crippen molar-refractivity contribution in [1.29, 1.82) is 0 Å². The number of unbranched alkanes of at least 4 members (excludes halogenated alkanes) is 93. The third-order valence-corrected chi connectivity index (χ3v) is 25.2. The predicted molar refractivity (Wildman–Crippen MR) is 473 cm³/mol. The highest BCUT2D eigenvalue weighted by molar-refractivity contribution is 4.61. The van der Waals surface area contributed by atoms with Gasteiger partial charge < -0.3 is 0 Å². The lowest BCUT2D eigenvalue weighted by Crippen LogP contribution is -1.97. The average Bonchev–Trinajstić information content (AvgIpc) is 3.84. The van der Waals surface area contributed by atoms with Crippen LogP contribution in [-0.4, -0.2) is 0 Å². The first-order valence-corrected chi connectivity index (χ1v) is 50.8. The number of hydrogen-bond acceptors (Lipinski definition) is 0. The molecule has 0 fully saturated rings. The Morgan fingerprint density at radius 2 is 0.176 bits per heavy atom. The van der Waals surface area contributed by atoms with Gasteiger partial charge in [0.05, 0.1) is 0 Å². The van der Waals surface area contributed by atoms with Crippen LogP contribution in [0.4, 0.5) is 0 Å². The summed E-state index contributed by atoms with van der Waals surface area (Å²) in [5.74, 6) is 1.01. The molecule has 0 N–H and O–H groups in total. The molecule has 0 aromatic rings. The maximum Gasteiger partial charge on any atom is -0.0417 e. The molecule has 0 rings (SSSR count). The Balaban J connectivity index is 3.10. The minimum Gasteiger partial charge on any atom is -0.0654 e. The van der Waals surface area contributed by atoms with Crippen LogP contribution in [0.3, 0.4) is 0 Å². The van der Waals surface area contributed by atoms with E-state index < -0.39 is 0 Å². The molecule has 0 bridgehead atoms. The normalized spacial score (nSPS) is 12.1. The summed E-state index contributed by atoms with van der Waals surface area (Å²) in [4.78, 5) is 0. The molecule has 1 atom stereocenters. The fourth-order valence-electron chi connectivity index (χ4n) is 17.7. The van der Waals surface area contributed by atoms with E-state index in [1.165, 1.54) is 629 Å². The molecule has 1 unspecified atom stereocenters. The fourth-order valence-corrected chi connectivity index (χ4v) is 17.7. The van der Waals surface area contributed by atoms with E-state index in [1.807, 2.05) is 0 Å². The average molecular weight is 1430 g/mol. The molecule has 0 amide bonds. The summed E-state index contributed by atoms with van der Waals surface area (Å²) in [5, 5.41) is 0. The minimum absolute atomic E-state index is 1.01. The topological polar surface area (TPSA) is 0 Å². The van der Waals surface area contributed by atoms with Crippen molar-refractivity contribution in [2.75, 3.05) is 0 Å². The summed E-state index contributed by atoms with van der Waals surface area (Å²) in [5.41, 5.74) is 0. The lowest BCUT2D eigenvalue weighted by atomic mass is 9.94. The van der Waals surface area contributed by atoms with E-state index in [1.54, 1.807) is 0 Å². The molecule has 0 saturated carbocycles. The Morgan fingerprint density at radius 1 is 0.0882 bits per heavy atom. The molecule has 0 nitrogen and oxygen atoms in total. The number of rotatable bonds is 98. The second-order valence-electron chi connectivity index (χ2n) is 35.7. The Morgan fingerprint density at radius 3 is 0.255 bits per heavy atom. The van der Waals surface area contributed by atoms with Gasteiger partial charge in [-0.15, -0.1) is 0 Å². The molecule has 0 aromatic carbocycles. The zero-order chi connectivity index (χ0) is 72.9. The van der Waals surface area contributed by atoms with Crippen molar-refractivity contribution in [3.05, 3.63) is 0 Å². The molecule has 0 spiro atoms. The predicted octanol–water partition coefficient (Wildman–Crippen LogP) is 39.9. The lowest BCUT2D eigenvalue weighted by Gasteiger charge is -2.13. The maximum atomic E-state index is 2.39. The van der Waals surface area contributed by atoms with E-state index in [0.29, 0.717) is 0 Å². The van der Waals surface area contributed by atoms with E-state index in [0.717, 1.165) is 5.92 Å². The van der Waals surface area contributed by atoms with Gasteiger partial charge in [0, 0.05) is 0 Å². The van der Waals surface area contributed by atoms with Crippen LogP contribution in [0.1, 0.15) is 650 Å². The van der Waals surface area contributed by atoms with Crippen LogP contribution in [0.25, 0.3) is 0 Å². The molecule has 0 aliphatic heterocycles. The van der Waals surface area contributed by atoms with Crippen LogP contribution < -0.4 is 0 Å². The summed E-state index contributed by atoms with van der Waals surface area (Å²) in [7, 11) is 0. The zero-order valence-corrected chi connectivity index (χ0v) is 72.9. The van der Waals surface area contributed by atoms with E-state index in [-0.39, 0.29) is 0 Å². The van der Waals surface area contributed by atoms with Gasteiger partial charge in [0.1, 0.15) is 0 Å². The van der Waals surface area contributed by atoms with Gasteiger partial charge in [0.2, 0.25) is 0 Å². The van der Waals surface area contributed by atoms with E-state index in [4.69, 9.17) is 0 Å². The van der Waals surface area contributed by atoms with Crippen LogP contribution in [0.2, 0.25) is 0 Å². The van der Waals surface area contributed by atoms with Gasteiger partial charge in [-0.25, -0.2) is 0 Å². The second-order valence-corrected chi connectivity index (χ2v) is 35.7. The third kappa shape index (κ3) is 96.1. The molecule has 0 aliphatic carbocycles. The van der Waals surface area contributed by atoms with E-state index >= 15 is 0 Å².